The molecule has 3 nitrogen and oxygen atoms in total. The van der Waals surface area contributed by atoms with Gasteiger partial charge in [-0.1, -0.05) is 5.92 Å². The van der Waals surface area contributed by atoms with Crippen LogP contribution in [0.15, 0.2) is 0 Å². The second kappa shape index (κ2) is 4.75. The number of primary amides is 1. The van der Waals surface area contributed by atoms with Crippen molar-refractivity contribution in [1.82, 2.24) is 5.32 Å². The zero-order chi connectivity index (χ0) is 8.85. The van der Waals surface area contributed by atoms with Crippen molar-refractivity contribution in [3.8, 4) is 12.3 Å². The lowest BCUT2D eigenvalue weighted by molar-refractivity contribution is -0.118. The van der Waals surface area contributed by atoms with Gasteiger partial charge < -0.3 is 11.1 Å². The summed E-state index contributed by atoms with van der Waals surface area (Å²) >= 11 is 0. The predicted molar refractivity (Wildman–Crippen MR) is 44.7 cm³/mol. The quantitative estimate of drug-likeness (QED) is 0.554. The van der Waals surface area contributed by atoms with Crippen molar-refractivity contribution in [3.05, 3.63) is 0 Å². The van der Waals surface area contributed by atoms with E-state index < -0.39 is 0 Å². The SMILES string of the molecule is C#CC(C)NC(C)CC(N)=O. The lowest BCUT2D eigenvalue weighted by Gasteiger charge is -2.13. The summed E-state index contributed by atoms with van der Waals surface area (Å²) in [7, 11) is 0. The average molecular weight is 154 g/mol. The Morgan fingerprint density at radius 1 is 1.73 bits per heavy atom. The van der Waals surface area contributed by atoms with E-state index in [1.54, 1.807) is 0 Å². The highest BCUT2D eigenvalue weighted by Crippen LogP contribution is 1.90. The summed E-state index contributed by atoms with van der Waals surface area (Å²) in [4.78, 5) is 10.4. The molecule has 0 rings (SSSR count). The molecule has 2 atom stereocenters. The van der Waals surface area contributed by atoms with E-state index >= 15 is 0 Å². The van der Waals surface area contributed by atoms with Crippen molar-refractivity contribution in [2.75, 3.05) is 0 Å². The van der Waals surface area contributed by atoms with Gasteiger partial charge in [-0.15, -0.1) is 6.42 Å². The van der Waals surface area contributed by atoms with Crippen LogP contribution in [0.25, 0.3) is 0 Å². The van der Waals surface area contributed by atoms with Crippen LogP contribution in [-0.4, -0.2) is 18.0 Å². The third kappa shape index (κ3) is 5.43. The van der Waals surface area contributed by atoms with Gasteiger partial charge in [0.1, 0.15) is 0 Å². The standard InChI is InChI=1S/C8H14N2O/c1-4-6(2)10-7(3)5-8(9)11/h1,6-7,10H,5H2,2-3H3,(H2,9,11). The highest BCUT2D eigenvalue weighted by Gasteiger charge is 2.06. The van der Waals surface area contributed by atoms with Crippen LogP contribution in [0.2, 0.25) is 0 Å². The largest absolute Gasteiger partial charge is 0.370 e. The fourth-order valence-electron chi connectivity index (χ4n) is 0.836. The van der Waals surface area contributed by atoms with Gasteiger partial charge in [-0.05, 0) is 13.8 Å². The molecule has 0 saturated heterocycles. The van der Waals surface area contributed by atoms with Crippen molar-refractivity contribution < 1.29 is 4.79 Å². The van der Waals surface area contributed by atoms with Gasteiger partial charge in [0.2, 0.25) is 5.91 Å². The Morgan fingerprint density at radius 3 is 2.64 bits per heavy atom. The van der Waals surface area contributed by atoms with E-state index in [1.807, 2.05) is 13.8 Å². The summed E-state index contributed by atoms with van der Waals surface area (Å²) in [5.74, 6) is 2.19. The molecule has 0 aliphatic carbocycles. The maximum atomic E-state index is 10.4. The first-order valence-electron chi connectivity index (χ1n) is 3.56. The van der Waals surface area contributed by atoms with E-state index in [0.717, 1.165) is 0 Å². The number of nitrogens with two attached hydrogens (primary N) is 1. The number of hydrogen-bond donors (Lipinski definition) is 2. The first-order valence-corrected chi connectivity index (χ1v) is 3.56. The molecule has 0 aromatic carbocycles. The maximum Gasteiger partial charge on any atom is 0.218 e. The first kappa shape index (κ1) is 9.99. The summed E-state index contributed by atoms with van der Waals surface area (Å²) in [5.41, 5.74) is 4.98. The van der Waals surface area contributed by atoms with Gasteiger partial charge in [0.05, 0.1) is 6.04 Å². The molecule has 3 N–H and O–H groups in total. The van der Waals surface area contributed by atoms with E-state index in [0.29, 0.717) is 6.42 Å². The molecule has 0 bridgehead atoms. The van der Waals surface area contributed by atoms with Crippen molar-refractivity contribution in [2.45, 2.75) is 32.4 Å². The van der Waals surface area contributed by atoms with Crippen molar-refractivity contribution in [3.63, 3.8) is 0 Å². The number of rotatable bonds is 4. The monoisotopic (exact) mass is 154 g/mol. The zero-order valence-corrected chi connectivity index (χ0v) is 6.92. The highest BCUT2D eigenvalue weighted by atomic mass is 16.1. The van der Waals surface area contributed by atoms with E-state index in [9.17, 15) is 4.79 Å². The molecule has 2 unspecified atom stereocenters. The normalized spacial score (nSPS) is 15.0. The van der Waals surface area contributed by atoms with Gasteiger partial charge in [-0.2, -0.15) is 0 Å². The molecule has 0 aromatic heterocycles. The molecule has 62 valence electrons. The lowest BCUT2D eigenvalue weighted by atomic mass is 10.2. The molecular formula is C8H14N2O. The third-order valence-electron chi connectivity index (χ3n) is 1.29. The van der Waals surface area contributed by atoms with Crippen molar-refractivity contribution in [2.24, 2.45) is 5.73 Å². The summed E-state index contributed by atoms with van der Waals surface area (Å²) in [6.45, 7) is 3.73. The predicted octanol–water partition coefficient (Wildman–Crippen LogP) is -0.138. The van der Waals surface area contributed by atoms with Crippen LogP contribution in [0, 0.1) is 12.3 Å². The highest BCUT2D eigenvalue weighted by molar-refractivity contribution is 5.74. The Labute approximate surface area is 67.3 Å². The van der Waals surface area contributed by atoms with Gasteiger partial charge in [0.15, 0.2) is 0 Å². The zero-order valence-electron chi connectivity index (χ0n) is 6.92. The van der Waals surface area contributed by atoms with Crippen molar-refractivity contribution in [1.29, 1.82) is 0 Å². The molecule has 0 fully saturated rings. The second-order valence-electron chi connectivity index (χ2n) is 2.63. The fourth-order valence-corrected chi connectivity index (χ4v) is 0.836. The van der Waals surface area contributed by atoms with Crippen LogP contribution >= 0.6 is 0 Å². The number of amides is 1. The molecule has 1 amide bonds. The van der Waals surface area contributed by atoms with Crippen LogP contribution < -0.4 is 11.1 Å². The Hall–Kier alpha value is -1.01. The molecule has 0 aliphatic rings. The Balaban J connectivity index is 3.62. The summed E-state index contributed by atoms with van der Waals surface area (Å²) in [6.07, 6.45) is 5.45. The number of nitrogens with one attached hydrogen (secondary N) is 1. The van der Waals surface area contributed by atoms with Gasteiger partial charge in [0.25, 0.3) is 0 Å². The number of terminal acetylenes is 1. The smallest absolute Gasteiger partial charge is 0.218 e. The lowest BCUT2D eigenvalue weighted by Crippen LogP contribution is -2.36. The second-order valence-corrected chi connectivity index (χ2v) is 2.63. The fraction of sp³-hybridized carbons (Fsp3) is 0.625. The maximum absolute atomic E-state index is 10.4. The number of carbonyl (C=O) groups is 1. The van der Waals surface area contributed by atoms with Crippen LogP contribution in [-0.2, 0) is 4.79 Å². The molecule has 0 saturated carbocycles. The van der Waals surface area contributed by atoms with Crippen LogP contribution in [0.1, 0.15) is 20.3 Å². The van der Waals surface area contributed by atoms with Gasteiger partial charge in [0, 0.05) is 12.5 Å². The van der Waals surface area contributed by atoms with E-state index in [2.05, 4.69) is 11.2 Å². The summed E-state index contributed by atoms with van der Waals surface area (Å²) in [5, 5.41) is 3.02. The minimum atomic E-state index is -0.311. The van der Waals surface area contributed by atoms with Gasteiger partial charge in [-0.3, -0.25) is 4.79 Å². The number of carbonyl (C=O) groups excluding carboxylic acids is 1. The topological polar surface area (TPSA) is 55.1 Å². The Morgan fingerprint density at radius 2 is 2.27 bits per heavy atom. The molecule has 0 radical (unpaired) electrons. The van der Waals surface area contributed by atoms with E-state index in [4.69, 9.17) is 12.2 Å². The Bertz CT molecular complexity index is 171. The van der Waals surface area contributed by atoms with Gasteiger partial charge in [-0.25, -0.2) is 0 Å². The summed E-state index contributed by atoms with van der Waals surface area (Å²) < 4.78 is 0. The summed E-state index contributed by atoms with van der Waals surface area (Å²) in [6, 6.07) is 0.0444. The number of hydrogen-bond acceptors (Lipinski definition) is 2. The Kier molecular flexibility index (Phi) is 4.32. The van der Waals surface area contributed by atoms with Gasteiger partial charge >= 0.3 is 0 Å². The van der Waals surface area contributed by atoms with E-state index in [-0.39, 0.29) is 18.0 Å². The minimum Gasteiger partial charge on any atom is -0.370 e. The first-order chi connectivity index (χ1) is 5.06. The van der Waals surface area contributed by atoms with Crippen molar-refractivity contribution >= 4 is 5.91 Å². The molecule has 0 aromatic rings. The molecule has 3 heteroatoms. The molecule has 0 aliphatic heterocycles. The van der Waals surface area contributed by atoms with E-state index in [1.165, 1.54) is 0 Å². The molecule has 0 heterocycles. The minimum absolute atomic E-state index is 0.00986. The molecular weight excluding hydrogens is 140 g/mol. The molecule has 0 spiro atoms. The van der Waals surface area contributed by atoms with Crippen LogP contribution in [0.4, 0.5) is 0 Å². The molecule has 11 heavy (non-hydrogen) atoms. The van der Waals surface area contributed by atoms with Crippen LogP contribution in [0.5, 0.6) is 0 Å². The third-order valence-corrected chi connectivity index (χ3v) is 1.29. The average Bonchev–Trinajstić information content (AvgIpc) is 1.85. The van der Waals surface area contributed by atoms with Crippen LogP contribution in [0.3, 0.4) is 0 Å².